The second kappa shape index (κ2) is 7.14. The number of hydrogen-bond acceptors (Lipinski definition) is 3. The van der Waals surface area contributed by atoms with E-state index in [0.29, 0.717) is 12.6 Å². The van der Waals surface area contributed by atoms with E-state index in [4.69, 9.17) is 4.74 Å². The van der Waals surface area contributed by atoms with Crippen molar-refractivity contribution in [1.82, 2.24) is 9.97 Å². The molecule has 0 N–H and O–H groups in total. The van der Waals surface area contributed by atoms with E-state index in [2.05, 4.69) is 58.5 Å². The van der Waals surface area contributed by atoms with E-state index in [1.807, 2.05) is 30.3 Å². The minimum absolute atomic E-state index is 0.429. The zero-order chi connectivity index (χ0) is 16.9. The number of nitrogens with zero attached hydrogens (tertiary/aromatic N) is 2. The zero-order valence-corrected chi connectivity index (χ0v) is 13.8. The summed E-state index contributed by atoms with van der Waals surface area (Å²) in [6, 6.07) is 27.3. The number of rotatable bonds is 5. The Morgan fingerprint density at radius 2 is 1.56 bits per heavy atom. The molecule has 0 saturated carbocycles. The number of fused-ring (bicyclic) bond motifs is 1. The summed E-state index contributed by atoms with van der Waals surface area (Å²) < 4.78 is 5.74. The summed E-state index contributed by atoms with van der Waals surface area (Å²) in [5, 5.41) is 1.02. The molecule has 0 amide bonds. The van der Waals surface area contributed by atoms with Crippen molar-refractivity contribution in [3.05, 3.63) is 90.6 Å². The first-order valence-electron chi connectivity index (χ1n) is 8.37. The highest BCUT2D eigenvalue weighted by Crippen LogP contribution is 2.20. The number of para-hydroxylation sites is 1. The second-order valence-electron chi connectivity index (χ2n) is 5.88. The SMILES string of the molecule is c1ccc(-c2cccc(CCOc3ncc4ccccc4n3)c2)cc1. The average molecular weight is 326 g/mol. The molecule has 122 valence electrons. The molecule has 0 aliphatic heterocycles. The van der Waals surface area contributed by atoms with Crippen LogP contribution in [0.1, 0.15) is 5.56 Å². The summed E-state index contributed by atoms with van der Waals surface area (Å²) >= 11 is 0. The first-order chi connectivity index (χ1) is 12.4. The van der Waals surface area contributed by atoms with Crippen LogP contribution in [0.4, 0.5) is 0 Å². The van der Waals surface area contributed by atoms with Gasteiger partial charge < -0.3 is 4.74 Å². The van der Waals surface area contributed by atoms with Gasteiger partial charge in [-0.3, -0.25) is 0 Å². The molecule has 0 spiro atoms. The van der Waals surface area contributed by atoms with Gasteiger partial charge in [0.2, 0.25) is 0 Å². The Bertz CT molecular complexity index is 983. The van der Waals surface area contributed by atoms with Gasteiger partial charge in [0.05, 0.1) is 12.1 Å². The van der Waals surface area contributed by atoms with Gasteiger partial charge in [0, 0.05) is 18.0 Å². The summed E-state index contributed by atoms with van der Waals surface area (Å²) in [7, 11) is 0. The number of ether oxygens (including phenoxy) is 1. The van der Waals surface area contributed by atoms with E-state index in [0.717, 1.165) is 17.3 Å². The van der Waals surface area contributed by atoms with Crippen molar-refractivity contribution in [3.63, 3.8) is 0 Å². The van der Waals surface area contributed by atoms with Gasteiger partial charge in [0.1, 0.15) is 0 Å². The molecular weight excluding hydrogens is 308 g/mol. The van der Waals surface area contributed by atoms with Gasteiger partial charge in [0.25, 0.3) is 0 Å². The Kier molecular flexibility index (Phi) is 4.38. The molecule has 0 unspecified atom stereocenters. The fourth-order valence-electron chi connectivity index (χ4n) is 2.82. The van der Waals surface area contributed by atoms with Crippen LogP contribution in [0.5, 0.6) is 6.01 Å². The van der Waals surface area contributed by atoms with Crippen LogP contribution in [-0.4, -0.2) is 16.6 Å². The normalized spacial score (nSPS) is 10.7. The molecule has 4 aromatic rings. The van der Waals surface area contributed by atoms with Crippen LogP contribution in [0.25, 0.3) is 22.0 Å². The van der Waals surface area contributed by atoms with E-state index < -0.39 is 0 Å². The Hall–Kier alpha value is -3.20. The molecule has 25 heavy (non-hydrogen) atoms. The van der Waals surface area contributed by atoms with Crippen LogP contribution in [0.2, 0.25) is 0 Å². The standard InChI is InChI=1S/C22H18N2O/c1-2-8-18(9-3-1)19-11-6-7-17(15-19)13-14-25-22-23-16-20-10-4-5-12-21(20)24-22/h1-12,15-16H,13-14H2. The molecule has 0 atom stereocenters. The Morgan fingerprint density at radius 3 is 2.48 bits per heavy atom. The number of aromatic nitrogens is 2. The van der Waals surface area contributed by atoms with Gasteiger partial charge in [-0.15, -0.1) is 0 Å². The summed E-state index contributed by atoms with van der Waals surface area (Å²) in [5.74, 6) is 0. The fraction of sp³-hybridized carbons (Fsp3) is 0.0909. The predicted molar refractivity (Wildman–Crippen MR) is 101 cm³/mol. The summed E-state index contributed by atoms with van der Waals surface area (Å²) in [5.41, 5.74) is 4.59. The van der Waals surface area contributed by atoms with Crippen LogP contribution in [0, 0.1) is 0 Å². The average Bonchev–Trinajstić information content (AvgIpc) is 2.69. The molecule has 0 saturated heterocycles. The van der Waals surface area contributed by atoms with Crippen molar-refractivity contribution in [2.45, 2.75) is 6.42 Å². The highest BCUT2D eigenvalue weighted by Gasteiger charge is 2.02. The highest BCUT2D eigenvalue weighted by molar-refractivity contribution is 5.77. The summed E-state index contributed by atoms with van der Waals surface area (Å²) in [4.78, 5) is 8.71. The largest absolute Gasteiger partial charge is 0.463 e. The van der Waals surface area contributed by atoms with Gasteiger partial charge >= 0.3 is 6.01 Å². The number of hydrogen-bond donors (Lipinski definition) is 0. The van der Waals surface area contributed by atoms with Gasteiger partial charge in [-0.25, -0.2) is 4.98 Å². The third kappa shape index (κ3) is 3.66. The maximum Gasteiger partial charge on any atom is 0.316 e. The van der Waals surface area contributed by atoms with Crippen LogP contribution < -0.4 is 4.74 Å². The molecular formula is C22H18N2O. The molecule has 0 aliphatic carbocycles. The maximum absolute atomic E-state index is 5.74. The minimum Gasteiger partial charge on any atom is -0.463 e. The number of benzene rings is 3. The fourth-order valence-corrected chi connectivity index (χ4v) is 2.82. The van der Waals surface area contributed by atoms with E-state index in [1.165, 1.54) is 16.7 Å². The molecule has 1 heterocycles. The Balaban J connectivity index is 1.43. The lowest BCUT2D eigenvalue weighted by Gasteiger charge is -2.07. The highest BCUT2D eigenvalue weighted by atomic mass is 16.5. The summed E-state index contributed by atoms with van der Waals surface area (Å²) in [6.07, 6.45) is 2.62. The minimum atomic E-state index is 0.429. The van der Waals surface area contributed by atoms with Crippen LogP contribution in [0.3, 0.4) is 0 Å². The van der Waals surface area contributed by atoms with Gasteiger partial charge in [0.15, 0.2) is 0 Å². The summed E-state index contributed by atoms with van der Waals surface area (Å²) in [6.45, 7) is 0.552. The molecule has 0 fully saturated rings. The van der Waals surface area contributed by atoms with Crippen LogP contribution >= 0.6 is 0 Å². The maximum atomic E-state index is 5.74. The van der Waals surface area contributed by atoms with Crippen LogP contribution in [-0.2, 0) is 6.42 Å². The first kappa shape index (κ1) is 15.3. The third-order valence-corrected chi connectivity index (χ3v) is 4.12. The zero-order valence-electron chi connectivity index (χ0n) is 13.8. The first-order valence-corrected chi connectivity index (χ1v) is 8.37. The lowest BCUT2D eigenvalue weighted by atomic mass is 10.0. The monoisotopic (exact) mass is 326 g/mol. The van der Waals surface area contributed by atoms with Crippen molar-refractivity contribution in [2.75, 3.05) is 6.61 Å². The predicted octanol–water partition coefficient (Wildman–Crippen LogP) is 4.92. The van der Waals surface area contributed by atoms with Gasteiger partial charge in [-0.1, -0.05) is 72.8 Å². The van der Waals surface area contributed by atoms with Gasteiger partial charge in [-0.2, -0.15) is 4.98 Å². The lowest BCUT2D eigenvalue weighted by molar-refractivity contribution is 0.297. The van der Waals surface area contributed by atoms with E-state index in [9.17, 15) is 0 Å². The van der Waals surface area contributed by atoms with Gasteiger partial charge in [-0.05, 0) is 22.8 Å². The van der Waals surface area contributed by atoms with Crippen molar-refractivity contribution >= 4 is 10.9 Å². The molecule has 3 nitrogen and oxygen atoms in total. The van der Waals surface area contributed by atoms with E-state index >= 15 is 0 Å². The lowest BCUT2D eigenvalue weighted by Crippen LogP contribution is -2.04. The molecule has 0 radical (unpaired) electrons. The molecule has 0 bridgehead atoms. The van der Waals surface area contributed by atoms with Crippen molar-refractivity contribution in [1.29, 1.82) is 0 Å². The van der Waals surface area contributed by atoms with Crippen LogP contribution in [0.15, 0.2) is 85.1 Å². The molecule has 4 rings (SSSR count). The smallest absolute Gasteiger partial charge is 0.316 e. The molecule has 1 aromatic heterocycles. The molecule has 0 aliphatic rings. The molecule has 3 heteroatoms. The van der Waals surface area contributed by atoms with E-state index in [-0.39, 0.29) is 0 Å². The third-order valence-electron chi connectivity index (χ3n) is 4.12. The van der Waals surface area contributed by atoms with E-state index in [1.54, 1.807) is 6.20 Å². The van der Waals surface area contributed by atoms with Crippen molar-refractivity contribution in [3.8, 4) is 17.1 Å². The Labute approximate surface area is 147 Å². The van der Waals surface area contributed by atoms with Crippen molar-refractivity contribution in [2.24, 2.45) is 0 Å². The quantitative estimate of drug-likeness (QED) is 0.522. The Morgan fingerprint density at radius 1 is 0.760 bits per heavy atom. The molecule has 3 aromatic carbocycles. The topological polar surface area (TPSA) is 35.0 Å². The second-order valence-corrected chi connectivity index (χ2v) is 5.88. The van der Waals surface area contributed by atoms with Crippen molar-refractivity contribution < 1.29 is 4.74 Å².